The van der Waals surface area contributed by atoms with Gasteiger partial charge in [0.25, 0.3) is 5.91 Å². The third-order valence-corrected chi connectivity index (χ3v) is 4.56. The van der Waals surface area contributed by atoms with E-state index in [1.54, 1.807) is 7.11 Å². The van der Waals surface area contributed by atoms with Crippen LogP contribution in [0.1, 0.15) is 18.0 Å². The van der Waals surface area contributed by atoms with Crippen LogP contribution in [0.15, 0.2) is 23.4 Å². The number of benzene rings is 1. The molecular weight excluding hydrogens is 351 g/mol. The minimum Gasteiger partial charge on any atom is -0.385 e. The van der Waals surface area contributed by atoms with Gasteiger partial charge >= 0.3 is 6.03 Å². The number of methoxy groups -OCH3 is 1. The molecule has 0 saturated heterocycles. The van der Waals surface area contributed by atoms with Crippen molar-refractivity contribution in [1.29, 1.82) is 0 Å². The van der Waals surface area contributed by atoms with Gasteiger partial charge in [0.15, 0.2) is 11.6 Å². The molecule has 0 bridgehead atoms. The normalized spacial score (nSPS) is 20.0. The molecule has 0 fully saturated rings. The third kappa shape index (κ3) is 3.03. The smallest absolute Gasteiger partial charge is 0.322 e. The lowest BCUT2D eigenvalue weighted by Gasteiger charge is -2.31. The molecule has 140 valence electrons. The topological polar surface area (TPSA) is 61.9 Å². The van der Waals surface area contributed by atoms with Gasteiger partial charge in [0, 0.05) is 38.9 Å². The average Bonchev–Trinajstić information content (AvgIpc) is 2.92. The average molecular weight is 369 g/mol. The van der Waals surface area contributed by atoms with Crippen LogP contribution in [0, 0.1) is 17.5 Å². The number of amides is 3. The Hall–Kier alpha value is -2.55. The Labute approximate surface area is 148 Å². The first-order valence-corrected chi connectivity index (χ1v) is 8.05. The molecule has 0 aromatic heterocycles. The fourth-order valence-electron chi connectivity index (χ4n) is 3.20. The molecule has 1 unspecified atom stereocenters. The first-order valence-electron chi connectivity index (χ1n) is 8.05. The molecule has 1 aromatic carbocycles. The monoisotopic (exact) mass is 369 g/mol. The standard InChI is InChI=1S/C17H18F3N3O3/c1-22-13-8-23(4-3-5-26-2)16(24)14(13)15(21-17(22)25)9-6-11(19)12(20)7-10(9)18/h6-7,15H,3-5,8H2,1-2H3,(H,21,25). The van der Waals surface area contributed by atoms with Crippen LogP contribution in [0.2, 0.25) is 0 Å². The Morgan fingerprint density at radius 3 is 2.58 bits per heavy atom. The number of hydrogen-bond acceptors (Lipinski definition) is 3. The van der Waals surface area contributed by atoms with E-state index >= 15 is 0 Å². The molecule has 3 amide bonds. The zero-order valence-corrected chi connectivity index (χ0v) is 14.3. The number of rotatable bonds is 5. The maximum Gasteiger partial charge on any atom is 0.322 e. The summed E-state index contributed by atoms with van der Waals surface area (Å²) in [6.45, 7) is 1.04. The van der Waals surface area contributed by atoms with E-state index in [9.17, 15) is 22.8 Å². The quantitative estimate of drug-likeness (QED) is 0.637. The van der Waals surface area contributed by atoms with Gasteiger partial charge in [-0.2, -0.15) is 0 Å². The predicted molar refractivity (Wildman–Crippen MR) is 85.5 cm³/mol. The van der Waals surface area contributed by atoms with Gasteiger partial charge in [-0.15, -0.1) is 0 Å². The Morgan fingerprint density at radius 1 is 1.19 bits per heavy atom. The second-order valence-corrected chi connectivity index (χ2v) is 6.16. The van der Waals surface area contributed by atoms with Crippen LogP contribution in [0.4, 0.5) is 18.0 Å². The van der Waals surface area contributed by atoms with Crippen molar-refractivity contribution in [2.24, 2.45) is 0 Å². The van der Waals surface area contributed by atoms with Crippen molar-refractivity contribution in [2.75, 3.05) is 33.9 Å². The van der Waals surface area contributed by atoms with Crippen molar-refractivity contribution in [3.8, 4) is 0 Å². The molecule has 6 nitrogen and oxygen atoms in total. The van der Waals surface area contributed by atoms with E-state index in [4.69, 9.17) is 4.74 Å². The molecule has 0 aliphatic carbocycles. The lowest BCUT2D eigenvalue weighted by molar-refractivity contribution is -0.125. The summed E-state index contributed by atoms with van der Waals surface area (Å²) < 4.78 is 46.1. The summed E-state index contributed by atoms with van der Waals surface area (Å²) in [6.07, 6.45) is 0.595. The molecule has 9 heteroatoms. The highest BCUT2D eigenvalue weighted by Gasteiger charge is 2.43. The van der Waals surface area contributed by atoms with Crippen molar-refractivity contribution >= 4 is 11.9 Å². The fourth-order valence-corrected chi connectivity index (χ4v) is 3.20. The summed E-state index contributed by atoms with van der Waals surface area (Å²) in [5, 5.41) is 2.49. The number of ether oxygens (including phenoxy) is 1. The minimum absolute atomic E-state index is 0.162. The first-order chi connectivity index (χ1) is 12.3. The number of hydrogen-bond donors (Lipinski definition) is 1. The molecule has 0 spiro atoms. The number of nitrogens with zero attached hydrogens (tertiary/aromatic N) is 2. The highest BCUT2D eigenvalue weighted by Crippen LogP contribution is 2.37. The van der Waals surface area contributed by atoms with Gasteiger partial charge in [-0.1, -0.05) is 0 Å². The molecule has 0 saturated carbocycles. The van der Waals surface area contributed by atoms with Crippen molar-refractivity contribution in [1.82, 2.24) is 15.1 Å². The van der Waals surface area contributed by atoms with Gasteiger partial charge in [0.05, 0.1) is 23.9 Å². The van der Waals surface area contributed by atoms with Crippen molar-refractivity contribution in [3.63, 3.8) is 0 Å². The van der Waals surface area contributed by atoms with Crippen molar-refractivity contribution in [3.05, 3.63) is 46.4 Å². The van der Waals surface area contributed by atoms with E-state index in [-0.39, 0.29) is 23.6 Å². The molecule has 3 rings (SSSR count). The van der Waals surface area contributed by atoms with Gasteiger partial charge < -0.3 is 15.0 Å². The number of likely N-dealkylation sites (N-methyl/N-ethyl adjacent to an activating group) is 1. The predicted octanol–water partition coefficient (Wildman–Crippen LogP) is 1.93. The Bertz CT molecular complexity index is 797. The highest BCUT2D eigenvalue weighted by molar-refractivity contribution is 6.01. The van der Waals surface area contributed by atoms with Crippen molar-refractivity contribution in [2.45, 2.75) is 12.5 Å². The van der Waals surface area contributed by atoms with Crippen LogP contribution in [-0.4, -0.2) is 55.6 Å². The summed E-state index contributed by atoms with van der Waals surface area (Å²) in [4.78, 5) is 27.8. The van der Waals surface area contributed by atoms with E-state index in [2.05, 4.69) is 5.32 Å². The Balaban J connectivity index is 1.98. The molecule has 26 heavy (non-hydrogen) atoms. The molecule has 2 heterocycles. The maximum atomic E-state index is 14.2. The van der Waals surface area contributed by atoms with Gasteiger partial charge in [0.2, 0.25) is 0 Å². The SMILES string of the molecule is COCCCN1CC2=C(C1=O)C(c1cc(F)c(F)cc1F)NC(=O)N2C. The second kappa shape index (κ2) is 6.99. The van der Waals surface area contributed by atoms with Gasteiger partial charge in [0.1, 0.15) is 5.82 Å². The molecule has 1 atom stereocenters. The summed E-state index contributed by atoms with van der Waals surface area (Å²) in [5.41, 5.74) is 0.296. The number of urea groups is 1. The summed E-state index contributed by atoms with van der Waals surface area (Å²) >= 11 is 0. The summed E-state index contributed by atoms with van der Waals surface area (Å²) in [5.74, 6) is -3.99. The van der Waals surface area contributed by atoms with Crippen LogP contribution >= 0.6 is 0 Å². The molecule has 1 N–H and O–H groups in total. The number of carbonyl (C=O) groups excluding carboxylic acids is 2. The fraction of sp³-hybridized carbons (Fsp3) is 0.412. The maximum absolute atomic E-state index is 14.2. The molecule has 2 aliphatic rings. The molecule has 1 aromatic rings. The largest absolute Gasteiger partial charge is 0.385 e. The van der Waals surface area contributed by atoms with Gasteiger partial charge in [-0.25, -0.2) is 18.0 Å². The Kier molecular flexibility index (Phi) is 4.90. The molecule has 2 aliphatic heterocycles. The lowest BCUT2D eigenvalue weighted by Crippen LogP contribution is -2.45. The lowest BCUT2D eigenvalue weighted by atomic mass is 9.95. The van der Waals surface area contributed by atoms with E-state index in [0.29, 0.717) is 37.4 Å². The number of carbonyl (C=O) groups is 2. The van der Waals surface area contributed by atoms with E-state index in [1.807, 2.05) is 0 Å². The Morgan fingerprint density at radius 2 is 1.88 bits per heavy atom. The summed E-state index contributed by atoms with van der Waals surface area (Å²) in [7, 11) is 3.04. The highest BCUT2D eigenvalue weighted by atomic mass is 19.2. The second-order valence-electron chi connectivity index (χ2n) is 6.16. The molecule has 0 radical (unpaired) electrons. The van der Waals surface area contributed by atoms with E-state index in [1.165, 1.54) is 16.8 Å². The van der Waals surface area contributed by atoms with Gasteiger partial charge in [-0.05, 0) is 12.5 Å². The van der Waals surface area contributed by atoms with Crippen molar-refractivity contribution < 1.29 is 27.5 Å². The van der Waals surface area contributed by atoms with E-state index in [0.717, 1.165) is 0 Å². The number of nitrogens with one attached hydrogen (secondary N) is 1. The first kappa shape index (κ1) is 18.2. The van der Waals surface area contributed by atoms with Gasteiger partial charge in [-0.3, -0.25) is 9.69 Å². The van der Waals surface area contributed by atoms with Crippen LogP contribution in [0.3, 0.4) is 0 Å². The van der Waals surface area contributed by atoms with Crippen LogP contribution in [0.5, 0.6) is 0 Å². The minimum atomic E-state index is -1.33. The zero-order chi connectivity index (χ0) is 19.0. The van der Waals surface area contributed by atoms with E-state index < -0.39 is 29.5 Å². The third-order valence-electron chi connectivity index (χ3n) is 4.56. The zero-order valence-electron chi connectivity index (χ0n) is 14.3. The number of halogens is 3. The van der Waals surface area contributed by atoms with Crippen LogP contribution in [0.25, 0.3) is 0 Å². The summed E-state index contributed by atoms with van der Waals surface area (Å²) in [6, 6.07) is -0.648. The van der Waals surface area contributed by atoms with Crippen LogP contribution < -0.4 is 5.32 Å². The molecular formula is C17H18F3N3O3. The van der Waals surface area contributed by atoms with Crippen LogP contribution in [-0.2, 0) is 9.53 Å².